The third-order valence-corrected chi connectivity index (χ3v) is 4.50. The molecule has 0 spiro atoms. The van der Waals surface area contributed by atoms with Gasteiger partial charge in [-0.25, -0.2) is 4.79 Å². The smallest absolute Gasteiger partial charge is 0.326 e. The molecule has 0 saturated carbocycles. The van der Waals surface area contributed by atoms with Crippen molar-refractivity contribution in [1.82, 2.24) is 9.88 Å². The number of hydrogen-bond acceptors (Lipinski definition) is 2. The lowest BCUT2D eigenvalue weighted by Crippen LogP contribution is -3.11. The van der Waals surface area contributed by atoms with Crippen molar-refractivity contribution >= 4 is 17.6 Å². The fraction of sp³-hybridized carbons (Fsp3) is 0.333. The third kappa shape index (κ3) is 3.83. The molecule has 1 aliphatic rings. The molecule has 2 heterocycles. The number of urea groups is 1. The molecule has 1 unspecified atom stereocenters. The number of likely N-dealkylation sites (tertiary alicyclic amines) is 1. The van der Waals surface area contributed by atoms with E-state index in [4.69, 9.17) is 0 Å². The van der Waals surface area contributed by atoms with Gasteiger partial charge in [0.2, 0.25) is 0 Å². The molecule has 6 nitrogen and oxygen atoms in total. The van der Waals surface area contributed by atoms with E-state index < -0.39 is 6.03 Å². The van der Waals surface area contributed by atoms with E-state index in [2.05, 4.69) is 21.3 Å². The second-order valence-electron chi connectivity index (χ2n) is 6.19. The van der Waals surface area contributed by atoms with Crippen LogP contribution in [0.4, 0.5) is 10.5 Å². The van der Waals surface area contributed by atoms with Crippen LogP contribution in [0, 0.1) is 0 Å². The van der Waals surface area contributed by atoms with Crippen LogP contribution in [0.15, 0.2) is 48.7 Å². The standard InChI is InChI=1S/C18H22N4O2/c1-21-11-5-9-15(21)16-10-6-12-22(16)13-17(23)20-18(24)19-14-7-3-2-4-8-14/h2-5,7-9,11,16H,6,10,12-13H2,1H3,(H2,19,20,23,24)/p+1/t16-/m0/s1. The number of nitrogens with zero attached hydrogens (tertiary/aromatic N) is 1. The Hall–Kier alpha value is -2.60. The van der Waals surface area contributed by atoms with Crippen LogP contribution in [0.3, 0.4) is 0 Å². The topological polar surface area (TPSA) is 67.6 Å². The van der Waals surface area contributed by atoms with E-state index in [-0.39, 0.29) is 5.91 Å². The zero-order valence-corrected chi connectivity index (χ0v) is 13.8. The van der Waals surface area contributed by atoms with Crippen LogP contribution >= 0.6 is 0 Å². The van der Waals surface area contributed by atoms with Gasteiger partial charge in [-0.3, -0.25) is 10.1 Å². The molecule has 0 bridgehead atoms. The normalized spacial score (nSPS) is 19.9. The van der Waals surface area contributed by atoms with Crippen molar-refractivity contribution in [2.75, 3.05) is 18.4 Å². The molecule has 3 N–H and O–H groups in total. The number of hydrogen-bond donors (Lipinski definition) is 3. The summed E-state index contributed by atoms with van der Waals surface area (Å²) < 4.78 is 2.11. The van der Waals surface area contributed by atoms with Crippen LogP contribution in [-0.2, 0) is 11.8 Å². The highest BCUT2D eigenvalue weighted by Gasteiger charge is 2.33. The van der Waals surface area contributed by atoms with Crippen molar-refractivity contribution < 1.29 is 14.5 Å². The SMILES string of the molecule is Cn1cccc1[C@@H]1CCC[NH+]1CC(=O)NC(=O)Nc1ccccc1. The molecular formula is C18H23N4O2+. The quantitative estimate of drug-likeness (QED) is 0.787. The molecule has 6 heteroatoms. The van der Waals surface area contributed by atoms with Crippen LogP contribution in [0.1, 0.15) is 24.6 Å². The minimum absolute atomic E-state index is 0.250. The van der Waals surface area contributed by atoms with Crippen LogP contribution in [-0.4, -0.2) is 29.6 Å². The fourth-order valence-corrected chi connectivity index (χ4v) is 3.38. The monoisotopic (exact) mass is 327 g/mol. The molecule has 1 aromatic carbocycles. The van der Waals surface area contributed by atoms with Crippen LogP contribution in [0.2, 0.25) is 0 Å². The number of aromatic nitrogens is 1. The second kappa shape index (κ2) is 7.31. The van der Waals surface area contributed by atoms with E-state index in [9.17, 15) is 9.59 Å². The number of anilines is 1. The zero-order chi connectivity index (χ0) is 16.9. The van der Waals surface area contributed by atoms with E-state index in [0.29, 0.717) is 18.3 Å². The fourth-order valence-electron chi connectivity index (χ4n) is 3.38. The first-order valence-electron chi connectivity index (χ1n) is 8.25. The van der Waals surface area contributed by atoms with Crippen molar-refractivity contribution in [3.8, 4) is 0 Å². The summed E-state index contributed by atoms with van der Waals surface area (Å²) >= 11 is 0. The highest BCUT2D eigenvalue weighted by molar-refractivity contribution is 6.01. The third-order valence-electron chi connectivity index (χ3n) is 4.50. The average molecular weight is 327 g/mol. The maximum absolute atomic E-state index is 12.2. The zero-order valence-electron chi connectivity index (χ0n) is 13.8. The summed E-state index contributed by atoms with van der Waals surface area (Å²) in [4.78, 5) is 25.3. The lowest BCUT2D eigenvalue weighted by atomic mass is 10.1. The number of rotatable bonds is 4. The Bertz CT molecular complexity index is 711. The Morgan fingerprint density at radius 2 is 2.00 bits per heavy atom. The molecule has 2 aromatic rings. The van der Waals surface area contributed by atoms with Crippen molar-refractivity contribution in [3.05, 3.63) is 54.4 Å². The molecule has 1 aromatic heterocycles. The Labute approximate surface area is 141 Å². The van der Waals surface area contributed by atoms with Gasteiger partial charge in [0.25, 0.3) is 5.91 Å². The van der Waals surface area contributed by atoms with Gasteiger partial charge in [0.1, 0.15) is 6.04 Å². The van der Waals surface area contributed by atoms with Gasteiger partial charge in [-0.05, 0) is 24.3 Å². The van der Waals surface area contributed by atoms with Crippen molar-refractivity contribution in [1.29, 1.82) is 0 Å². The van der Waals surface area contributed by atoms with Crippen molar-refractivity contribution in [2.45, 2.75) is 18.9 Å². The number of imide groups is 1. The molecular weight excluding hydrogens is 304 g/mol. The molecule has 24 heavy (non-hydrogen) atoms. The minimum Gasteiger partial charge on any atom is -0.350 e. The lowest BCUT2D eigenvalue weighted by Gasteiger charge is -2.21. The Morgan fingerprint density at radius 3 is 2.71 bits per heavy atom. The number of quaternary nitrogens is 1. The Balaban J connectivity index is 1.54. The van der Waals surface area contributed by atoms with Crippen LogP contribution in [0.25, 0.3) is 0 Å². The summed E-state index contributed by atoms with van der Waals surface area (Å²) in [5, 5.41) is 5.08. The van der Waals surface area contributed by atoms with Crippen LogP contribution < -0.4 is 15.5 Å². The van der Waals surface area contributed by atoms with Gasteiger partial charge in [0.15, 0.2) is 6.54 Å². The molecule has 1 aliphatic heterocycles. The largest absolute Gasteiger partial charge is 0.350 e. The van der Waals surface area contributed by atoms with Gasteiger partial charge in [-0.2, -0.15) is 0 Å². The molecule has 3 amide bonds. The first-order valence-corrected chi connectivity index (χ1v) is 8.25. The van der Waals surface area contributed by atoms with Gasteiger partial charge < -0.3 is 14.8 Å². The number of para-hydroxylation sites is 1. The number of amides is 3. The summed E-state index contributed by atoms with van der Waals surface area (Å²) in [7, 11) is 2.03. The average Bonchev–Trinajstić information content (AvgIpc) is 3.16. The Morgan fingerprint density at radius 1 is 1.21 bits per heavy atom. The lowest BCUT2D eigenvalue weighted by molar-refractivity contribution is -0.911. The molecule has 3 rings (SSSR count). The molecule has 1 fully saturated rings. The summed E-state index contributed by atoms with van der Waals surface area (Å²) in [5.41, 5.74) is 1.90. The number of carbonyl (C=O) groups is 2. The summed E-state index contributed by atoms with van der Waals surface area (Å²) in [6, 6.07) is 13.0. The first kappa shape index (κ1) is 16.3. The van der Waals surface area contributed by atoms with E-state index in [1.807, 2.05) is 37.5 Å². The Kier molecular flexibility index (Phi) is 4.96. The van der Waals surface area contributed by atoms with E-state index in [1.54, 1.807) is 12.1 Å². The highest BCUT2D eigenvalue weighted by atomic mass is 16.2. The van der Waals surface area contributed by atoms with Gasteiger partial charge in [-0.1, -0.05) is 18.2 Å². The van der Waals surface area contributed by atoms with Gasteiger partial charge in [0, 0.05) is 31.8 Å². The van der Waals surface area contributed by atoms with E-state index in [1.165, 1.54) is 10.6 Å². The maximum Gasteiger partial charge on any atom is 0.326 e. The number of benzene rings is 1. The summed E-state index contributed by atoms with van der Waals surface area (Å²) in [6.07, 6.45) is 4.18. The minimum atomic E-state index is -0.486. The second-order valence-corrected chi connectivity index (χ2v) is 6.19. The molecule has 0 aliphatic carbocycles. The van der Waals surface area contributed by atoms with E-state index in [0.717, 1.165) is 19.4 Å². The van der Waals surface area contributed by atoms with Crippen LogP contribution in [0.5, 0.6) is 0 Å². The summed E-state index contributed by atoms with van der Waals surface area (Å²) in [5.74, 6) is -0.250. The summed E-state index contributed by atoms with van der Waals surface area (Å²) in [6.45, 7) is 1.25. The molecule has 1 saturated heterocycles. The van der Waals surface area contributed by atoms with Gasteiger partial charge in [-0.15, -0.1) is 0 Å². The predicted octanol–water partition coefficient (Wildman–Crippen LogP) is 1.09. The van der Waals surface area contributed by atoms with Gasteiger partial charge >= 0.3 is 6.03 Å². The molecule has 126 valence electrons. The highest BCUT2D eigenvalue weighted by Crippen LogP contribution is 2.18. The predicted molar refractivity (Wildman–Crippen MR) is 91.7 cm³/mol. The first-order chi connectivity index (χ1) is 11.6. The number of carbonyl (C=O) groups excluding carboxylic acids is 2. The van der Waals surface area contributed by atoms with E-state index >= 15 is 0 Å². The van der Waals surface area contributed by atoms with Crippen molar-refractivity contribution in [3.63, 3.8) is 0 Å². The number of aryl methyl sites for hydroxylation is 1. The van der Waals surface area contributed by atoms with Crippen molar-refractivity contribution in [2.24, 2.45) is 7.05 Å². The maximum atomic E-state index is 12.2. The molecule has 0 radical (unpaired) electrons. The molecule has 2 atom stereocenters. The number of nitrogens with one attached hydrogen (secondary N) is 3. The van der Waals surface area contributed by atoms with Gasteiger partial charge in [0.05, 0.1) is 12.2 Å².